The van der Waals surface area contributed by atoms with Crippen LogP contribution in [0.15, 0.2) is 28.6 Å². The molecule has 0 aliphatic heterocycles. The molecule has 1 amide bonds. The summed E-state index contributed by atoms with van der Waals surface area (Å²) in [7, 11) is -3.81. The molecule has 1 aromatic heterocycles. The zero-order chi connectivity index (χ0) is 15.5. The van der Waals surface area contributed by atoms with Gasteiger partial charge >= 0.3 is 0 Å². The van der Waals surface area contributed by atoms with E-state index in [4.69, 9.17) is 11.6 Å². The predicted molar refractivity (Wildman–Crippen MR) is 79.7 cm³/mol. The maximum Gasteiger partial charge on any atom is 0.270 e. The van der Waals surface area contributed by atoms with Crippen molar-refractivity contribution in [3.8, 4) is 0 Å². The van der Waals surface area contributed by atoms with Crippen LogP contribution in [-0.2, 0) is 21.4 Å². The van der Waals surface area contributed by atoms with E-state index in [0.29, 0.717) is 10.6 Å². The van der Waals surface area contributed by atoms with Gasteiger partial charge in [-0.3, -0.25) is 4.79 Å². The van der Waals surface area contributed by atoms with E-state index in [-0.39, 0.29) is 21.9 Å². The standard InChI is InChI=1S/C11H11ClN4O3S2/c1-7(17)14-10-15-16-11(20-10)21(18,19)13-6-8-4-2-3-5-9(8)12/h2-5,13H,6H2,1H3,(H,14,15,17). The summed E-state index contributed by atoms with van der Waals surface area (Å²) in [5.41, 5.74) is 0.648. The molecule has 0 saturated heterocycles. The highest BCUT2D eigenvalue weighted by atomic mass is 35.5. The Bertz CT molecular complexity index is 760. The number of sulfonamides is 1. The lowest BCUT2D eigenvalue weighted by Gasteiger charge is -2.05. The molecule has 0 unspecified atom stereocenters. The molecule has 112 valence electrons. The van der Waals surface area contributed by atoms with Gasteiger partial charge in [-0.25, -0.2) is 13.1 Å². The average molecular weight is 347 g/mol. The first-order chi connectivity index (χ1) is 9.88. The molecule has 0 fully saturated rings. The molecule has 0 spiro atoms. The third-order valence-corrected chi connectivity index (χ3v) is 5.31. The van der Waals surface area contributed by atoms with E-state index in [0.717, 1.165) is 11.3 Å². The smallest absolute Gasteiger partial charge is 0.270 e. The minimum Gasteiger partial charge on any atom is -0.301 e. The van der Waals surface area contributed by atoms with Gasteiger partial charge < -0.3 is 5.32 Å². The lowest BCUT2D eigenvalue weighted by Crippen LogP contribution is -2.23. The van der Waals surface area contributed by atoms with Crippen LogP contribution in [0.25, 0.3) is 0 Å². The Balaban J connectivity index is 2.10. The quantitative estimate of drug-likeness (QED) is 0.801. The van der Waals surface area contributed by atoms with Gasteiger partial charge in [0, 0.05) is 18.5 Å². The van der Waals surface area contributed by atoms with Gasteiger partial charge in [-0.05, 0) is 11.6 Å². The Labute approximate surface area is 130 Å². The Morgan fingerprint density at radius 3 is 2.71 bits per heavy atom. The second-order valence-corrected chi connectivity index (χ2v) is 7.30. The Hall–Kier alpha value is -1.55. The topological polar surface area (TPSA) is 101 Å². The van der Waals surface area contributed by atoms with Crippen LogP contribution >= 0.6 is 22.9 Å². The fraction of sp³-hybridized carbons (Fsp3) is 0.182. The van der Waals surface area contributed by atoms with E-state index >= 15 is 0 Å². The third-order valence-electron chi connectivity index (χ3n) is 2.33. The largest absolute Gasteiger partial charge is 0.301 e. The molecule has 1 aromatic carbocycles. The van der Waals surface area contributed by atoms with Crippen LogP contribution in [-0.4, -0.2) is 24.5 Å². The van der Waals surface area contributed by atoms with Crippen LogP contribution in [0.3, 0.4) is 0 Å². The number of anilines is 1. The maximum absolute atomic E-state index is 12.1. The van der Waals surface area contributed by atoms with Crippen molar-refractivity contribution in [1.82, 2.24) is 14.9 Å². The number of carbonyl (C=O) groups is 1. The molecule has 10 heteroatoms. The zero-order valence-corrected chi connectivity index (χ0v) is 13.2. The Kier molecular flexibility index (Phi) is 4.88. The number of benzene rings is 1. The molecule has 0 aliphatic rings. The number of aromatic nitrogens is 2. The highest BCUT2D eigenvalue weighted by Gasteiger charge is 2.20. The normalized spacial score (nSPS) is 11.3. The van der Waals surface area contributed by atoms with Gasteiger partial charge in [0.25, 0.3) is 10.0 Å². The monoisotopic (exact) mass is 346 g/mol. The maximum atomic E-state index is 12.1. The molecule has 0 radical (unpaired) electrons. The van der Waals surface area contributed by atoms with Crippen LogP contribution in [0, 0.1) is 0 Å². The van der Waals surface area contributed by atoms with E-state index in [1.807, 2.05) is 0 Å². The molecule has 0 atom stereocenters. The first kappa shape index (κ1) is 15.8. The molecule has 2 rings (SSSR count). The van der Waals surface area contributed by atoms with Crippen molar-refractivity contribution in [3.63, 3.8) is 0 Å². The summed E-state index contributed by atoms with van der Waals surface area (Å²) in [6.45, 7) is 1.34. The fourth-order valence-electron chi connectivity index (χ4n) is 1.40. The van der Waals surface area contributed by atoms with Crippen LogP contribution < -0.4 is 10.0 Å². The van der Waals surface area contributed by atoms with Crippen LogP contribution in [0.2, 0.25) is 5.02 Å². The van der Waals surface area contributed by atoms with E-state index in [2.05, 4.69) is 20.2 Å². The molecule has 2 N–H and O–H groups in total. The lowest BCUT2D eigenvalue weighted by molar-refractivity contribution is -0.114. The van der Waals surface area contributed by atoms with Crippen molar-refractivity contribution >= 4 is 44.0 Å². The van der Waals surface area contributed by atoms with Crippen LogP contribution in [0.4, 0.5) is 5.13 Å². The van der Waals surface area contributed by atoms with Crippen molar-refractivity contribution in [2.45, 2.75) is 17.8 Å². The van der Waals surface area contributed by atoms with Crippen molar-refractivity contribution in [2.24, 2.45) is 0 Å². The zero-order valence-electron chi connectivity index (χ0n) is 10.8. The number of rotatable bonds is 5. The fourth-order valence-corrected chi connectivity index (χ4v) is 3.59. The number of halogens is 1. The first-order valence-electron chi connectivity index (χ1n) is 5.72. The SMILES string of the molecule is CC(=O)Nc1nnc(S(=O)(=O)NCc2ccccc2Cl)s1. The summed E-state index contributed by atoms with van der Waals surface area (Å²) in [6.07, 6.45) is 0. The number of carbonyl (C=O) groups excluding carboxylic acids is 1. The predicted octanol–water partition coefficient (Wildman–Crippen LogP) is 1.63. The van der Waals surface area contributed by atoms with Crippen molar-refractivity contribution in [2.75, 3.05) is 5.32 Å². The number of hydrogen-bond donors (Lipinski definition) is 2. The Morgan fingerprint density at radius 2 is 2.05 bits per heavy atom. The van der Waals surface area contributed by atoms with Crippen LogP contribution in [0.1, 0.15) is 12.5 Å². The summed E-state index contributed by atoms with van der Waals surface area (Å²) < 4.78 is 26.3. The minimum absolute atomic E-state index is 0.0387. The van der Waals surface area contributed by atoms with Gasteiger partial charge in [0.1, 0.15) is 0 Å². The average Bonchev–Trinajstić information content (AvgIpc) is 2.86. The molecule has 7 nitrogen and oxygen atoms in total. The number of nitrogens with one attached hydrogen (secondary N) is 2. The molecule has 0 bridgehead atoms. The number of hydrogen-bond acceptors (Lipinski definition) is 6. The Morgan fingerprint density at radius 1 is 1.33 bits per heavy atom. The summed E-state index contributed by atoms with van der Waals surface area (Å²) in [6, 6.07) is 6.90. The molecular formula is C11H11ClN4O3S2. The van der Waals surface area contributed by atoms with Crippen LogP contribution in [0.5, 0.6) is 0 Å². The van der Waals surface area contributed by atoms with Gasteiger partial charge in [0.05, 0.1) is 0 Å². The van der Waals surface area contributed by atoms with Gasteiger partial charge in [-0.1, -0.05) is 41.1 Å². The number of nitrogens with zero attached hydrogens (tertiary/aromatic N) is 2. The van der Waals surface area contributed by atoms with Gasteiger partial charge in [0.15, 0.2) is 0 Å². The van der Waals surface area contributed by atoms with E-state index in [1.165, 1.54) is 6.92 Å². The van der Waals surface area contributed by atoms with Gasteiger partial charge in [-0.15, -0.1) is 10.2 Å². The van der Waals surface area contributed by atoms with E-state index < -0.39 is 10.0 Å². The molecule has 0 saturated carbocycles. The second kappa shape index (κ2) is 6.48. The van der Waals surface area contributed by atoms with E-state index in [9.17, 15) is 13.2 Å². The van der Waals surface area contributed by atoms with Crippen molar-refractivity contribution in [3.05, 3.63) is 34.9 Å². The summed E-state index contributed by atoms with van der Waals surface area (Å²) in [5, 5.41) is 10.1. The molecule has 1 heterocycles. The summed E-state index contributed by atoms with van der Waals surface area (Å²) in [5.74, 6) is -0.348. The molecular weight excluding hydrogens is 336 g/mol. The lowest BCUT2D eigenvalue weighted by atomic mass is 10.2. The third kappa shape index (κ3) is 4.21. The van der Waals surface area contributed by atoms with Crippen molar-refractivity contribution in [1.29, 1.82) is 0 Å². The highest BCUT2D eigenvalue weighted by molar-refractivity contribution is 7.91. The molecule has 21 heavy (non-hydrogen) atoms. The minimum atomic E-state index is -3.81. The van der Waals surface area contributed by atoms with E-state index in [1.54, 1.807) is 24.3 Å². The molecule has 0 aliphatic carbocycles. The van der Waals surface area contributed by atoms with Crippen molar-refractivity contribution < 1.29 is 13.2 Å². The van der Waals surface area contributed by atoms with Gasteiger partial charge in [-0.2, -0.15) is 0 Å². The van der Waals surface area contributed by atoms with Gasteiger partial charge in [0.2, 0.25) is 15.4 Å². The highest BCUT2D eigenvalue weighted by Crippen LogP contribution is 2.20. The first-order valence-corrected chi connectivity index (χ1v) is 8.40. The summed E-state index contributed by atoms with van der Waals surface area (Å²) >= 11 is 6.72. The number of amides is 1. The molecule has 2 aromatic rings. The summed E-state index contributed by atoms with van der Waals surface area (Å²) in [4.78, 5) is 10.9. The second-order valence-electron chi connectivity index (χ2n) is 3.97.